The van der Waals surface area contributed by atoms with E-state index in [9.17, 15) is 14.4 Å². The second-order valence-electron chi connectivity index (χ2n) is 7.09. The lowest BCUT2D eigenvalue weighted by atomic mass is 10.1. The smallest absolute Gasteiger partial charge is 0.265 e. The number of aromatic nitrogens is 1. The second kappa shape index (κ2) is 8.37. The Balaban J connectivity index is 1.69. The van der Waals surface area contributed by atoms with Crippen LogP contribution in [0.15, 0.2) is 36.0 Å². The van der Waals surface area contributed by atoms with Gasteiger partial charge in [0.1, 0.15) is 12.1 Å². The molecule has 0 radical (unpaired) electrons. The van der Waals surface area contributed by atoms with Gasteiger partial charge in [-0.05, 0) is 31.3 Å². The van der Waals surface area contributed by atoms with Crippen LogP contribution in [0, 0.1) is 0 Å². The molecule has 3 heterocycles. The van der Waals surface area contributed by atoms with Crippen LogP contribution in [0.4, 0.5) is 0 Å². The van der Waals surface area contributed by atoms with Crippen LogP contribution < -0.4 is 5.32 Å². The summed E-state index contributed by atoms with van der Waals surface area (Å²) in [5.74, 6) is -0.935. The third-order valence-corrected chi connectivity index (χ3v) is 5.61. The number of fused-ring (bicyclic) bond motifs is 1. The standard InChI is InChI=1S/C21H22N4O4S/c1-2-25-20(28)16(19(27)22-21(25)30)11-14-12-24(17-6-4-3-5-15(14)17)13-18(26)23-7-9-29-10-8-23/h3-6,11-12H,2,7-10,13H2,1H3,(H,22,27,30)/b16-11+. The molecule has 1 aromatic carbocycles. The molecule has 0 aliphatic carbocycles. The molecule has 2 aromatic rings. The summed E-state index contributed by atoms with van der Waals surface area (Å²) in [6.45, 7) is 4.58. The minimum absolute atomic E-state index is 0.00671. The van der Waals surface area contributed by atoms with E-state index in [2.05, 4.69) is 5.32 Å². The van der Waals surface area contributed by atoms with Gasteiger partial charge in [-0.1, -0.05) is 18.2 Å². The third-order valence-electron chi connectivity index (χ3n) is 5.29. The molecule has 2 aliphatic rings. The molecule has 8 nitrogen and oxygen atoms in total. The zero-order valence-corrected chi connectivity index (χ0v) is 17.4. The number of ether oxygens (including phenoxy) is 1. The lowest BCUT2D eigenvalue weighted by Crippen LogP contribution is -2.53. The fraction of sp³-hybridized carbons (Fsp3) is 0.333. The minimum Gasteiger partial charge on any atom is -0.378 e. The monoisotopic (exact) mass is 426 g/mol. The third kappa shape index (κ3) is 3.73. The van der Waals surface area contributed by atoms with Gasteiger partial charge in [0.2, 0.25) is 5.91 Å². The van der Waals surface area contributed by atoms with E-state index in [-0.39, 0.29) is 23.1 Å². The highest BCUT2D eigenvalue weighted by Crippen LogP contribution is 2.25. The van der Waals surface area contributed by atoms with Gasteiger partial charge in [-0.2, -0.15) is 0 Å². The zero-order chi connectivity index (χ0) is 21.3. The van der Waals surface area contributed by atoms with E-state index in [1.54, 1.807) is 24.1 Å². The van der Waals surface area contributed by atoms with Crippen molar-refractivity contribution < 1.29 is 19.1 Å². The highest BCUT2D eigenvalue weighted by Gasteiger charge is 2.32. The number of para-hydroxylation sites is 1. The fourth-order valence-electron chi connectivity index (χ4n) is 3.72. The molecule has 0 atom stereocenters. The molecule has 0 saturated carbocycles. The van der Waals surface area contributed by atoms with Crippen molar-refractivity contribution in [3.63, 3.8) is 0 Å². The number of morpholine rings is 1. The number of rotatable bonds is 4. The molecule has 2 saturated heterocycles. The van der Waals surface area contributed by atoms with Crippen LogP contribution in [0.5, 0.6) is 0 Å². The first-order valence-electron chi connectivity index (χ1n) is 9.82. The first kappa shape index (κ1) is 20.2. The van der Waals surface area contributed by atoms with Gasteiger partial charge in [-0.25, -0.2) is 0 Å². The molecule has 2 aliphatic heterocycles. The highest BCUT2D eigenvalue weighted by molar-refractivity contribution is 7.80. The average molecular weight is 426 g/mol. The first-order chi connectivity index (χ1) is 14.5. The van der Waals surface area contributed by atoms with E-state index < -0.39 is 11.8 Å². The molecule has 3 amide bonds. The van der Waals surface area contributed by atoms with Crippen LogP contribution in [0.25, 0.3) is 17.0 Å². The van der Waals surface area contributed by atoms with E-state index >= 15 is 0 Å². The van der Waals surface area contributed by atoms with Gasteiger partial charge < -0.3 is 14.2 Å². The summed E-state index contributed by atoms with van der Waals surface area (Å²) in [5.41, 5.74) is 1.58. The van der Waals surface area contributed by atoms with Crippen molar-refractivity contribution >= 4 is 52.0 Å². The molecular weight excluding hydrogens is 404 g/mol. The Morgan fingerprint density at radius 2 is 1.97 bits per heavy atom. The molecule has 4 rings (SSSR count). The molecule has 1 N–H and O–H groups in total. The topological polar surface area (TPSA) is 83.9 Å². The highest BCUT2D eigenvalue weighted by atomic mass is 32.1. The maximum Gasteiger partial charge on any atom is 0.265 e. The van der Waals surface area contributed by atoms with Crippen LogP contribution in [-0.4, -0.2) is 70.0 Å². The minimum atomic E-state index is -0.518. The Bertz CT molecular complexity index is 1070. The Labute approximate surface area is 179 Å². The molecule has 0 spiro atoms. The lowest BCUT2D eigenvalue weighted by Gasteiger charge is -2.27. The Morgan fingerprint density at radius 3 is 2.70 bits per heavy atom. The van der Waals surface area contributed by atoms with Gasteiger partial charge in [0.05, 0.1) is 13.2 Å². The Kier molecular flexibility index (Phi) is 5.65. The largest absolute Gasteiger partial charge is 0.378 e. The molecular formula is C21H22N4O4S. The average Bonchev–Trinajstić information content (AvgIpc) is 3.09. The summed E-state index contributed by atoms with van der Waals surface area (Å²) in [4.78, 5) is 41.0. The van der Waals surface area contributed by atoms with Crippen LogP contribution >= 0.6 is 12.2 Å². The van der Waals surface area contributed by atoms with Gasteiger partial charge in [0, 0.05) is 42.3 Å². The number of nitrogens with zero attached hydrogens (tertiary/aromatic N) is 3. The molecule has 0 unspecified atom stereocenters. The van der Waals surface area contributed by atoms with Crippen molar-refractivity contribution in [2.75, 3.05) is 32.8 Å². The predicted octanol–water partition coefficient (Wildman–Crippen LogP) is 1.15. The molecule has 30 heavy (non-hydrogen) atoms. The van der Waals surface area contributed by atoms with E-state index in [1.165, 1.54) is 4.90 Å². The van der Waals surface area contributed by atoms with Crippen molar-refractivity contribution in [2.45, 2.75) is 13.5 Å². The van der Waals surface area contributed by atoms with E-state index in [0.29, 0.717) is 38.4 Å². The quantitative estimate of drug-likeness (QED) is 0.451. The SMILES string of the molecule is CCN1C(=O)/C(=C/c2cn(CC(=O)N3CCOCC3)c3ccccc23)C(=O)NC1=S. The van der Waals surface area contributed by atoms with Crippen molar-refractivity contribution in [3.8, 4) is 0 Å². The molecule has 1 aromatic heterocycles. The summed E-state index contributed by atoms with van der Waals surface area (Å²) in [6.07, 6.45) is 3.37. The van der Waals surface area contributed by atoms with Gasteiger partial charge >= 0.3 is 0 Å². The number of carbonyl (C=O) groups excluding carboxylic acids is 3. The number of carbonyl (C=O) groups is 3. The molecule has 156 valence electrons. The maximum atomic E-state index is 12.7. The number of hydrogen-bond acceptors (Lipinski definition) is 5. The van der Waals surface area contributed by atoms with Crippen molar-refractivity contribution in [1.82, 2.24) is 19.7 Å². The van der Waals surface area contributed by atoms with Crippen LogP contribution in [0.3, 0.4) is 0 Å². The number of likely N-dealkylation sites (N-methyl/N-ethyl adjacent to an activating group) is 1. The van der Waals surface area contributed by atoms with Crippen LogP contribution in [-0.2, 0) is 25.7 Å². The maximum absolute atomic E-state index is 12.7. The van der Waals surface area contributed by atoms with E-state index in [4.69, 9.17) is 17.0 Å². The van der Waals surface area contributed by atoms with Crippen LogP contribution in [0.2, 0.25) is 0 Å². The number of benzene rings is 1. The van der Waals surface area contributed by atoms with Gasteiger partial charge in [-0.15, -0.1) is 0 Å². The van der Waals surface area contributed by atoms with Crippen molar-refractivity contribution in [3.05, 3.63) is 41.6 Å². The first-order valence-corrected chi connectivity index (χ1v) is 10.2. The van der Waals surface area contributed by atoms with E-state index in [1.807, 2.05) is 28.8 Å². The summed E-state index contributed by atoms with van der Waals surface area (Å²) in [6, 6.07) is 7.60. The van der Waals surface area contributed by atoms with Gasteiger partial charge in [-0.3, -0.25) is 24.6 Å². The van der Waals surface area contributed by atoms with E-state index in [0.717, 1.165) is 10.9 Å². The normalized spacial score (nSPS) is 19.0. The number of hydrogen-bond donors (Lipinski definition) is 1. The number of nitrogens with one attached hydrogen (secondary N) is 1. The summed E-state index contributed by atoms with van der Waals surface area (Å²) < 4.78 is 7.17. The summed E-state index contributed by atoms with van der Waals surface area (Å²) in [7, 11) is 0. The Hall–Kier alpha value is -3.04. The molecule has 0 bridgehead atoms. The number of amides is 3. The molecule has 9 heteroatoms. The van der Waals surface area contributed by atoms with Crippen molar-refractivity contribution in [2.24, 2.45) is 0 Å². The summed E-state index contributed by atoms with van der Waals surface area (Å²) in [5, 5.41) is 3.53. The lowest BCUT2D eigenvalue weighted by molar-refractivity contribution is -0.135. The predicted molar refractivity (Wildman–Crippen MR) is 115 cm³/mol. The molecule has 2 fully saturated rings. The van der Waals surface area contributed by atoms with Gasteiger partial charge in [0.25, 0.3) is 11.8 Å². The fourth-order valence-corrected chi connectivity index (χ4v) is 4.02. The van der Waals surface area contributed by atoms with Gasteiger partial charge in [0.15, 0.2) is 5.11 Å². The second-order valence-corrected chi connectivity index (χ2v) is 7.48. The number of thiocarbonyl (C=S) groups is 1. The van der Waals surface area contributed by atoms with Crippen LogP contribution in [0.1, 0.15) is 12.5 Å². The van der Waals surface area contributed by atoms with Crippen molar-refractivity contribution in [1.29, 1.82) is 0 Å². The summed E-state index contributed by atoms with van der Waals surface area (Å²) >= 11 is 5.08. The zero-order valence-electron chi connectivity index (χ0n) is 16.6. The Morgan fingerprint density at radius 1 is 1.23 bits per heavy atom.